The summed E-state index contributed by atoms with van der Waals surface area (Å²) in [4.78, 5) is 42.8. The molecule has 1 saturated heterocycles. The number of aromatic nitrogens is 1. The third-order valence-corrected chi connectivity index (χ3v) is 7.35. The molecule has 1 atom stereocenters. The van der Waals surface area contributed by atoms with Crippen LogP contribution in [-0.2, 0) is 0 Å². The van der Waals surface area contributed by atoms with Crippen molar-refractivity contribution in [3.05, 3.63) is 49.3 Å². The summed E-state index contributed by atoms with van der Waals surface area (Å²) in [5, 5.41) is 9.23. The van der Waals surface area contributed by atoms with Crippen molar-refractivity contribution in [3.8, 4) is 11.5 Å². The minimum absolute atomic E-state index is 0.0163. The molecule has 1 fully saturated rings. The molecule has 10 heteroatoms. The first kappa shape index (κ1) is 24.1. The van der Waals surface area contributed by atoms with Crippen LogP contribution in [0.5, 0.6) is 11.5 Å². The first-order chi connectivity index (χ1) is 15.9. The Morgan fingerprint density at radius 1 is 1.18 bits per heavy atom. The number of benzene rings is 1. The highest BCUT2D eigenvalue weighted by atomic mass is 79.9. The van der Waals surface area contributed by atoms with Gasteiger partial charge in [0.15, 0.2) is 11.5 Å². The van der Waals surface area contributed by atoms with Crippen molar-refractivity contribution in [2.75, 3.05) is 25.0 Å². The number of carboxylic acid groups (broad SMARTS) is 1. The number of pyridine rings is 1. The lowest BCUT2D eigenvalue weighted by Gasteiger charge is -2.37. The Morgan fingerprint density at radius 3 is 2.38 bits per heavy atom. The lowest BCUT2D eigenvalue weighted by Crippen LogP contribution is -2.49. The summed E-state index contributed by atoms with van der Waals surface area (Å²) in [5.41, 5.74) is 2.39. The zero-order chi connectivity index (χ0) is 24.9. The summed E-state index contributed by atoms with van der Waals surface area (Å²) < 4.78 is 13.2. The maximum atomic E-state index is 13.5. The first-order valence-corrected chi connectivity index (χ1v) is 11.9. The van der Waals surface area contributed by atoms with Gasteiger partial charge in [-0.1, -0.05) is 0 Å². The van der Waals surface area contributed by atoms with Gasteiger partial charge in [0, 0.05) is 49.8 Å². The van der Waals surface area contributed by atoms with Crippen LogP contribution in [0, 0.1) is 26.7 Å². The maximum Gasteiger partial charge on any atom is 0.407 e. The Bertz CT molecular complexity index is 1230. The van der Waals surface area contributed by atoms with E-state index in [-0.39, 0.29) is 17.4 Å². The molecule has 2 aliphatic heterocycles. The van der Waals surface area contributed by atoms with Gasteiger partial charge in [-0.05, 0) is 67.2 Å². The van der Waals surface area contributed by atoms with Gasteiger partial charge >= 0.3 is 6.09 Å². The number of piperidine rings is 1. The van der Waals surface area contributed by atoms with Gasteiger partial charge < -0.3 is 29.4 Å². The van der Waals surface area contributed by atoms with E-state index in [0.29, 0.717) is 64.3 Å². The van der Waals surface area contributed by atoms with E-state index in [1.807, 2.05) is 13.0 Å². The molecule has 1 aromatic heterocycles. The second-order valence-electron chi connectivity index (χ2n) is 9.13. The number of carbonyl (C=O) groups is 2. The molecule has 2 aliphatic rings. The van der Waals surface area contributed by atoms with Gasteiger partial charge in [-0.3, -0.25) is 9.59 Å². The molecular weight excluding hydrogens is 506 g/mol. The molecule has 0 saturated carbocycles. The van der Waals surface area contributed by atoms with E-state index in [1.54, 1.807) is 33.9 Å². The number of likely N-dealkylation sites (tertiary alicyclic amines) is 1. The number of anilines is 1. The summed E-state index contributed by atoms with van der Waals surface area (Å²) in [6.07, 6.45) is 0.295. The van der Waals surface area contributed by atoms with E-state index < -0.39 is 11.9 Å². The average Bonchev–Trinajstić information content (AvgIpc) is 3.15. The molecule has 0 radical (unpaired) electrons. The number of carbonyl (C=O) groups excluding carboxylic acids is 1. The number of amides is 2. The van der Waals surface area contributed by atoms with Gasteiger partial charge in [0.1, 0.15) is 5.69 Å². The zero-order valence-electron chi connectivity index (χ0n) is 19.8. The van der Waals surface area contributed by atoms with E-state index in [9.17, 15) is 19.5 Å². The number of nitrogens with zero attached hydrogens (tertiary/aromatic N) is 2. The molecule has 2 amide bonds. The van der Waals surface area contributed by atoms with Gasteiger partial charge in [-0.2, -0.15) is 0 Å². The number of nitrogens with one attached hydrogen (secondary N) is 1. The fourth-order valence-electron chi connectivity index (χ4n) is 4.88. The van der Waals surface area contributed by atoms with Crippen LogP contribution in [0.2, 0.25) is 0 Å². The van der Waals surface area contributed by atoms with Crippen LogP contribution < -0.4 is 19.9 Å². The molecule has 34 heavy (non-hydrogen) atoms. The molecule has 0 aliphatic carbocycles. The summed E-state index contributed by atoms with van der Waals surface area (Å²) in [6, 6.07) is 3.51. The van der Waals surface area contributed by atoms with Crippen molar-refractivity contribution >= 4 is 33.6 Å². The molecule has 3 heterocycles. The number of hydrogen-bond acceptors (Lipinski definition) is 5. The van der Waals surface area contributed by atoms with E-state index >= 15 is 0 Å². The number of halogens is 1. The van der Waals surface area contributed by atoms with Crippen LogP contribution in [0.15, 0.2) is 21.4 Å². The van der Waals surface area contributed by atoms with Crippen LogP contribution in [0.3, 0.4) is 0 Å². The van der Waals surface area contributed by atoms with Crippen LogP contribution in [-0.4, -0.2) is 52.9 Å². The largest absolute Gasteiger partial charge is 0.465 e. The fourth-order valence-corrected chi connectivity index (χ4v) is 5.37. The number of hydrogen-bond donors (Lipinski definition) is 2. The lowest BCUT2D eigenvalue weighted by atomic mass is 9.89. The molecule has 182 valence electrons. The molecule has 0 spiro atoms. The minimum Gasteiger partial charge on any atom is -0.465 e. The SMILES string of the molecule is Cc1cc(C)c(N(C)C(=O)c2cc(Br)c3c(c2C)O[C@@](C)(C2CCN(C(=O)O)CC2)O3)c(=O)[nH]1. The number of aromatic amines is 1. The van der Waals surface area contributed by atoms with Crippen LogP contribution in [0.4, 0.5) is 10.5 Å². The van der Waals surface area contributed by atoms with Crippen molar-refractivity contribution in [2.24, 2.45) is 5.92 Å². The van der Waals surface area contributed by atoms with E-state index in [1.165, 1.54) is 9.80 Å². The summed E-state index contributed by atoms with van der Waals surface area (Å²) in [6.45, 7) is 8.06. The number of rotatable bonds is 3. The van der Waals surface area contributed by atoms with Crippen molar-refractivity contribution in [3.63, 3.8) is 0 Å². The highest BCUT2D eigenvalue weighted by Gasteiger charge is 2.47. The maximum absolute atomic E-state index is 13.5. The Labute approximate surface area is 205 Å². The fraction of sp³-hybridized carbons (Fsp3) is 0.458. The standard InChI is InChI=1S/C24H28BrN3O6/c1-12-10-13(2)26-21(29)18(12)27(5)22(30)16-11-17(25)20-19(14(16)3)33-24(4,34-20)15-6-8-28(9-7-15)23(31)32/h10-11,15H,6-9H2,1-5H3,(H,26,29)(H,31,32)/t24-/m1/s1. The molecule has 2 N–H and O–H groups in total. The quantitative estimate of drug-likeness (QED) is 0.610. The third kappa shape index (κ3) is 4.04. The van der Waals surface area contributed by atoms with Gasteiger partial charge in [-0.15, -0.1) is 0 Å². The third-order valence-electron chi connectivity index (χ3n) is 6.76. The molecule has 1 aromatic carbocycles. The van der Waals surface area contributed by atoms with Gasteiger partial charge in [0.25, 0.3) is 17.3 Å². The molecular formula is C24H28BrN3O6. The Kier molecular flexibility index (Phi) is 6.14. The van der Waals surface area contributed by atoms with Crippen molar-refractivity contribution in [1.29, 1.82) is 0 Å². The zero-order valence-corrected chi connectivity index (χ0v) is 21.4. The Morgan fingerprint density at radius 2 is 1.79 bits per heavy atom. The monoisotopic (exact) mass is 533 g/mol. The van der Waals surface area contributed by atoms with Crippen LogP contribution >= 0.6 is 15.9 Å². The summed E-state index contributed by atoms with van der Waals surface area (Å²) in [7, 11) is 1.58. The average molecular weight is 534 g/mol. The Hall–Kier alpha value is -3.01. The number of fused-ring (bicyclic) bond motifs is 1. The highest BCUT2D eigenvalue weighted by Crippen LogP contribution is 2.51. The van der Waals surface area contributed by atoms with Crippen LogP contribution in [0.1, 0.15) is 46.9 Å². The van der Waals surface area contributed by atoms with E-state index in [2.05, 4.69) is 20.9 Å². The Balaban J connectivity index is 1.63. The van der Waals surface area contributed by atoms with E-state index in [0.717, 1.165) is 5.69 Å². The smallest absolute Gasteiger partial charge is 0.407 e. The number of aryl methyl sites for hydroxylation is 2. The predicted molar refractivity (Wildman–Crippen MR) is 130 cm³/mol. The van der Waals surface area contributed by atoms with Crippen molar-refractivity contribution in [2.45, 2.75) is 46.3 Å². The minimum atomic E-state index is -0.974. The van der Waals surface area contributed by atoms with Gasteiger partial charge in [0.05, 0.1) is 4.47 Å². The van der Waals surface area contributed by atoms with Crippen molar-refractivity contribution in [1.82, 2.24) is 9.88 Å². The van der Waals surface area contributed by atoms with Gasteiger partial charge in [-0.25, -0.2) is 4.79 Å². The van der Waals surface area contributed by atoms with Crippen LogP contribution in [0.25, 0.3) is 0 Å². The number of ether oxygens (including phenoxy) is 2. The molecule has 2 aromatic rings. The number of H-pyrrole nitrogens is 1. The lowest BCUT2D eigenvalue weighted by molar-refractivity contribution is -0.123. The molecule has 0 unspecified atom stereocenters. The van der Waals surface area contributed by atoms with Crippen molar-refractivity contribution < 1.29 is 24.2 Å². The van der Waals surface area contributed by atoms with Gasteiger partial charge in [0.2, 0.25) is 0 Å². The predicted octanol–water partition coefficient (Wildman–Crippen LogP) is 4.22. The second-order valence-corrected chi connectivity index (χ2v) is 9.98. The first-order valence-electron chi connectivity index (χ1n) is 11.1. The summed E-state index contributed by atoms with van der Waals surface area (Å²) in [5.74, 6) is -0.339. The molecule has 0 bridgehead atoms. The van der Waals surface area contributed by atoms with E-state index in [4.69, 9.17) is 9.47 Å². The topological polar surface area (TPSA) is 112 Å². The molecule has 9 nitrogen and oxygen atoms in total. The molecule has 4 rings (SSSR count). The normalized spacial score (nSPS) is 19.9. The second kappa shape index (κ2) is 8.65. The summed E-state index contributed by atoms with van der Waals surface area (Å²) >= 11 is 3.52. The highest BCUT2D eigenvalue weighted by molar-refractivity contribution is 9.10.